The van der Waals surface area contributed by atoms with Crippen molar-refractivity contribution in [3.05, 3.63) is 0 Å². The van der Waals surface area contributed by atoms with E-state index in [2.05, 4.69) is 17.1 Å². The van der Waals surface area contributed by atoms with E-state index in [-0.39, 0.29) is 0 Å². The zero-order valence-electron chi connectivity index (χ0n) is 8.05. The van der Waals surface area contributed by atoms with Gasteiger partial charge in [0.05, 0.1) is 0 Å². The molecule has 70 valence electrons. The summed E-state index contributed by atoms with van der Waals surface area (Å²) in [4.78, 5) is 2.64. The molecule has 0 aliphatic carbocycles. The Morgan fingerprint density at radius 1 is 1.33 bits per heavy atom. The minimum absolute atomic E-state index is 0.812. The van der Waals surface area contributed by atoms with Crippen molar-refractivity contribution in [3.63, 3.8) is 0 Å². The first-order valence-corrected chi connectivity index (χ1v) is 5.39. The SMILES string of the molecule is CCN1CCC[C@@H]1[C@H]1CCCN1. The van der Waals surface area contributed by atoms with E-state index < -0.39 is 0 Å². The van der Waals surface area contributed by atoms with Gasteiger partial charge in [-0.2, -0.15) is 0 Å². The van der Waals surface area contributed by atoms with Crippen molar-refractivity contribution in [3.8, 4) is 0 Å². The minimum Gasteiger partial charge on any atom is -0.312 e. The maximum Gasteiger partial charge on any atom is 0.0249 e. The van der Waals surface area contributed by atoms with E-state index >= 15 is 0 Å². The van der Waals surface area contributed by atoms with Crippen LogP contribution in [0.5, 0.6) is 0 Å². The molecular weight excluding hydrogens is 148 g/mol. The lowest BCUT2D eigenvalue weighted by atomic mass is 10.0. The number of hydrogen-bond donors (Lipinski definition) is 1. The molecule has 2 aliphatic heterocycles. The molecule has 2 aliphatic rings. The van der Waals surface area contributed by atoms with Gasteiger partial charge in [-0.05, 0) is 45.3 Å². The molecule has 0 aromatic rings. The van der Waals surface area contributed by atoms with Crippen molar-refractivity contribution >= 4 is 0 Å². The van der Waals surface area contributed by atoms with E-state index in [1.165, 1.54) is 45.3 Å². The first-order chi connectivity index (χ1) is 5.92. The zero-order valence-corrected chi connectivity index (χ0v) is 8.05. The summed E-state index contributed by atoms with van der Waals surface area (Å²) in [6.07, 6.45) is 5.63. The maximum absolute atomic E-state index is 3.62. The van der Waals surface area contributed by atoms with E-state index in [0.717, 1.165) is 12.1 Å². The van der Waals surface area contributed by atoms with E-state index in [0.29, 0.717) is 0 Å². The maximum atomic E-state index is 3.62. The van der Waals surface area contributed by atoms with Crippen molar-refractivity contribution in [2.24, 2.45) is 0 Å². The van der Waals surface area contributed by atoms with Gasteiger partial charge in [0.25, 0.3) is 0 Å². The van der Waals surface area contributed by atoms with Crippen LogP contribution in [0.25, 0.3) is 0 Å². The highest BCUT2D eigenvalue weighted by atomic mass is 15.2. The van der Waals surface area contributed by atoms with Gasteiger partial charge in [-0.25, -0.2) is 0 Å². The fraction of sp³-hybridized carbons (Fsp3) is 1.00. The summed E-state index contributed by atoms with van der Waals surface area (Å²) in [5, 5.41) is 3.62. The van der Waals surface area contributed by atoms with Crippen LogP contribution in [0.3, 0.4) is 0 Å². The highest BCUT2D eigenvalue weighted by molar-refractivity contribution is 4.91. The van der Waals surface area contributed by atoms with Crippen LogP contribution in [0.2, 0.25) is 0 Å². The van der Waals surface area contributed by atoms with Gasteiger partial charge >= 0.3 is 0 Å². The molecule has 2 saturated heterocycles. The van der Waals surface area contributed by atoms with Crippen LogP contribution in [0.1, 0.15) is 32.6 Å². The number of hydrogen-bond acceptors (Lipinski definition) is 2. The number of nitrogens with zero attached hydrogens (tertiary/aromatic N) is 1. The topological polar surface area (TPSA) is 15.3 Å². The molecule has 0 amide bonds. The molecular formula is C10H20N2. The normalized spacial score (nSPS) is 37.8. The summed E-state index contributed by atoms with van der Waals surface area (Å²) in [5.74, 6) is 0. The van der Waals surface area contributed by atoms with E-state index in [4.69, 9.17) is 0 Å². The van der Waals surface area contributed by atoms with Crippen LogP contribution in [0, 0.1) is 0 Å². The second-order valence-corrected chi connectivity index (χ2v) is 4.04. The van der Waals surface area contributed by atoms with Crippen LogP contribution < -0.4 is 5.32 Å². The van der Waals surface area contributed by atoms with Gasteiger partial charge in [-0.3, -0.25) is 4.90 Å². The average molecular weight is 168 g/mol. The molecule has 2 atom stereocenters. The predicted molar refractivity (Wildman–Crippen MR) is 51.3 cm³/mol. The van der Waals surface area contributed by atoms with Gasteiger partial charge in [0.1, 0.15) is 0 Å². The highest BCUT2D eigenvalue weighted by Crippen LogP contribution is 2.23. The van der Waals surface area contributed by atoms with Crippen LogP contribution in [-0.2, 0) is 0 Å². The third kappa shape index (κ3) is 1.50. The minimum atomic E-state index is 0.812. The predicted octanol–water partition coefficient (Wildman–Crippen LogP) is 1.22. The van der Waals surface area contributed by atoms with Gasteiger partial charge < -0.3 is 5.32 Å². The molecule has 2 fully saturated rings. The smallest absolute Gasteiger partial charge is 0.0249 e. The van der Waals surface area contributed by atoms with Gasteiger partial charge in [-0.1, -0.05) is 6.92 Å². The summed E-state index contributed by atoms with van der Waals surface area (Å²) in [5.41, 5.74) is 0. The molecule has 2 rings (SSSR count). The summed E-state index contributed by atoms with van der Waals surface area (Å²) in [7, 11) is 0. The van der Waals surface area contributed by atoms with Crippen molar-refractivity contribution < 1.29 is 0 Å². The molecule has 12 heavy (non-hydrogen) atoms. The van der Waals surface area contributed by atoms with Gasteiger partial charge in [0.15, 0.2) is 0 Å². The number of nitrogens with one attached hydrogen (secondary N) is 1. The first kappa shape index (κ1) is 8.52. The molecule has 1 N–H and O–H groups in total. The molecule has 0 spiro atoms. The second kappa shape index (κ2) is 3.75. The monoisotopic (exact) mass is 168 g/mol. The molecule has 0 bridgehead atoms. The lowest BCUT2D eigenvalue weighted by molar-refractivity contribution is 0.225. The summed E-state index contributed by atoms with van der Waals surface area (Å²) >= 11 is 0. The number of likely N-dealkylation sites (tertiary alicyclic amines) is 1. The summed E-state index contributed by atoms with van der Waals surface area (Å²) in [6, 6.07) is 1.67. The van der Waals surface area contributed by atoms with E-state index in [1.54, 1.807) is 0 Å². The fourth-order valence-corrected chi connectivity index (χ4v) is 2.74. The van der Waals surface area contributed by atoms with Crippen LogP contribution in [0.4, 0.5) is 0 Å². The molecule has 2 nitrogen and oxygen atoms in total. The van der Waals surface area contributed by atoms with Crippen molar-refractivity contribution in [2.45, 2.75) is 44.7 Å². The Bertz CT molecular complexity index is 141. The Morgan fingerprint density at radius 3 is 2.92 bits per heavy atom. The molecule has 2 heterocycles. The fourth-order valence-electron chi connectivity index (χ4n) is 2.74. The quantitative estimate of drug-likeness (QED) is 0.667. The average Bonchev–Trinajstić information content (AvgIpc) is 2.74. The third-order valence-corrected chi connectivity index (χ3v) is 3.38. The Labute approximate surface area is 75.3 Å². The zero-order chi connectivity index (χ0) is 8.39. The number of likely N-dealkylation sites (N-methyl/N-ethyl adjacent to an activating group) is 1. The second-order valence-electron chi connectivity index (χ2n) is 4.04. The Morgan fingerprint density at radius 2 is 2.25 bits per heavy atom. The third-order valence-electron chi connectivity index (χ3n) is 3.38. The summed E-state index contributed by atoms with van der Waals surface area (Å²) < 4.78 is 0. The van der Waals surface area contributed by atoms with Crippen molar-refractivity contribution in [2.75, 3.05) is 19.6 Å². The van der Waals surface area contributed by atoms with E-state index in [9.17, 15) is 0 Å². The molecule has 0 aromatic heterocycles. The molecule has 0 saturated carbocycles. The lowest BCUT2D eigenvalue weighted by Gasteiger charge is -2.28. The summed E-state index contributed by atoms with van der Waals surface area (Å²) in [6.45, 7) is 6.11. The highest BCUT2D eigenvalue weighted by Gasteiger charge is 2.31. The molecule has 0 unspecified atom stereocenters. The van der Waals surface area contributed by atoms with Crippen LogP contribution >= 0.6 is 0 Å². The Hall–Kier alpha value is -0.0800. The van der Waals surface area contributed by atoms with Gasteiger partial charge in [0, 0.05) is 12.1 Å². The van der Waals surface area contributed by atoms with Crippen molar-refractivity contribution in [1.82, 2.24) is 10.2 Å². The van der Waals surface area contributed by atoms with Crippen LogP contribution in [0.15, 0.2) is 0 Å². The Balaban J connectivity index is 1.92. The van der Waals surface area contributed by atoms with Gasteiger partial charge in [-0.15, -0.1) is 0 Å². The Kier molecular flexibility index (Phi) is 2.66. The molecule has 0 radical (unpaired) electrons. The standard InChI is InChI=1S/C10H20N2/c1-2-12-8-4-6-10(12)9-5-3-7-11-9/h9-11H,2-8H2,1H3/t9-,10-/m1/s1. The molecule has 2 heteroatoms. The van der Waals surface area contributed by atoms with Crippen molar-refractivity contribution in [1.29, 1.82) is 0 Å². The van der Waals surface area contributed by atoms with E-state index in [1.807, 2.05) is 0 Å². The largest absolute Gasteiger partial charge is 0.312 e. The van der Waals surface area contributed by atoms with Gasteiger partial charge in [0.2, 0.25) is 0 Å². The van der Waals surface area contributed by atoms with Crippen LogP contribution in [-0.4, -0.2) is 36.6 Å². The first-order valence-electron chi connectivity index (χ1n) is 5.39. The lowest BCUT2D eigenvalue weighted by Crippen LogP contribution is -2.43. The molecule has 0 aromatic carbocycles. The number of rotatable bonds is 2.